The lowest BCUT2D eigenvalue weighted by Crippen LogP contribution is -2.09. The van der Waals surface area contributed by atoms with E-state index in [0.717, 1.165) is 0 Å². The van der Waals surface area contributed by atoms with Crippen molar-refractivity contribution < 1.29 is 22.9 Å². The van der Waals surface area contributed by atoms with E-state index < -0.39 is 13.8 Å². The van der Waals surface area contributed by atoms with E-state index in [1.165, 1.54) is 6.92 Å². The standard InChI is InChI=1S/C12H15O5P/c1-4-15-18(14,17-12(13)10(2)3)16-11-8-6-5-7-9-11/h5-9H,2,4H2,1,3H3. The minimum absolute atomic E-state index is 0.0909. The molecule has 0 saturated heterocycles. The second-order valence-corrected chi connectivity index (χ2v) is 4.95. The van der Waals surface area contributed by atoms with Crippen LogP contribution in [0.2, 0.25) is 0 Å². The Morgan fingerprint density at radius 2 is 1.94 bits per heavy atom. The summed E-state index contributed by atoms with van der Waals surface area (Å²) in [5, 5.41) is 0. The molecular formula is C12H15O5P. The Bertz CT molecular complexity index is 469. The van der Waals surface area contributed by atoms with Crippen LogP contribution < -0.4 is 4.52 Å². The molecule has 0 aromatic heterocycles. The van der Waals surface area contributed by atoms with Crippen LogP contribution in [0.15, 0.2) is 42.5 Å². The summed E-state index contributed by atoms with van der Waals surface area (Å²) in [5.74, 6) is -0.522. The fourth-order valence-corrected chi connectivity index (χ4v) is 2.22. The molecule has 98 valence electrons. The lowest BCUT2D eigenvalue weighted by molar-refractivity contribution is -0.131. The van der Waals surface area contributed by atoms with Crippen molar-refractivity contribution in [3.05, 3.63) is 42.5 Å². The highest BCUT2D eigenvalue weighted by molar-refractivity contribution is 7.49. The van der Waals surface area contributed by atoms with Crippen LogP contribution in [0.5, 0.6) is 5.75 Å². The van der Waals surface area contributed by atoms with Crippen LogP contribution in [-0.4, -0.2) is 12.6 Å². The van der Waals surface area contributed by atoms with Crippen LogP contribution >= 0.6 is 7.82 Å². The van der Waals surface area contributed by atoms with Gasteiger partial charge in [-0.25, -0.2) is 9.36 Å². The van der Waals surface area contributed by atoms with Crippen LogP contribution in [0.25, 0.3) is 0 Å². The first kappa shape index (κ1) is 14.5. The zero-order chi connectivity index (χ0) is 13.6. The van der Waals surface area contributed by atoms with Gasteiger partial charge in [-0.2, -0.15) is 0 Å². The Balaban J connectivity index is 2.84. The van der Waals surface area contributed by atoms with Gasteiger partial charge in [0.15, 0.2) is 0 Å². The molecule has 0 amide bonds. The highest BCUT2D eigenvalue weighted by Crippen LogP contribution is 2.49. The Hall–Kier alpha value is -1.58. The summed E-state index contributed by atoms with van der Waals surface area (Å²) in [4.78, 5) is 11.4. The van der Waals surface area contributed by atoms with Crippen molar-refractivity contribution in [3.63, 3.8) is 0 Å². The molecule has 1 atom stereocenters. The van der Waals surface area contributed by atoms with Gasteiger partial charge < -0.3 is 9.05 Å². The zero-order valence-corrected chi connectivity index (χ0v) is 11.2. The Kier molecular flexibility index (Phi) is 5.13. The average molecular weight is 270 g/mol. The molecule has 0 aliphatic rings. The molecule has 0 saturated carbocycles. The molecule has 18 heavy (non-hydrogen) atoms. The van der Waals surface area contributed by atoms with Crippen molar-refractivity contribution in [3.8, 4) is 5.75 Å². The first-order valence-corrected chi connectivity index (χ1v) is 6.81. The van der Waals surface area contributed by atoms with Crippen molar-refractivity contribution in [2.45, 2.75) is 13.8 Å². The summed E-state index contributed by atoms with van der Waals surface area (Å²) in [6.07, 6.45) is 0. The third-order valence-electron chi connectivity index (χ3n) is 1.79. The summed E-state index contributed by atoms with van der Waals surface area (Å²) in [6, 6.07) is 8.34. The molecule has 0 fully saturated rings. The van der Waals surface area contributed by atoms with Crippen LogP contribution in [0, 0.1) is 0 Å². The van der Waals surface area contributed by atoms with Gasteiger partial charge in [0.1, 0.15) is 5.75 Å². The topological polar surface area (TPSA) is 61.8 Å². The maximum atomic E-state index is 12.2. The van der Waals surface area contributed by atoms with Gasteiger partial charge in [-0.05, 0) is 26.0 Å². The molecule has 1 unspecified atom stereocenters. The monoisotopic (exact) mass is 270 g/mol. The minimum Gasteiger partial charge on any atom is -0.395 e. The molecule has 1 aromatic rings. The summed E-state index contributed by atoms with van der Waals surface area (Å²) >= 11 is 0. The van der Waals surface area contributed by atoms with E-state index in [-0.39, 0.29) is 12.2 Å². The number of phosphoric ester groups is 1. The number of carbonyl (C=O) groups excluding carboxylic acids is 1. The second-order valence-electron chi connectivity index (χ2n) is 3.43. The van der Waals surface area contributed by atoms with E-state index >= 15 is 0 Å². The molecule has 6 heteroatoms. The zero-order valence-electron chi connectivity index (χ0n) is 10.3. The number of rotatable bonds is 6. The van der Waals surface area contributed by atoms with Crippen molar-refractivity contribution in [2.24, 2.45) is 0 Å². The highest BCUT2D eigenvalue weighted by Gasteiger charge is 2.32. The number of benzene rings is 1. The quantitative estimate of drug-likeness (QED) is 0.586. The number of carbonyl (C=O) groups is 1. The average Bonchev–Trinajstić information content (AvgIpc) is 2.29. The highest BCUT2D eigenvalue weighted by atomic mass is 31.2. The molecule has 1 rings (SSSR count). The van der Waals surface area contributed by atoms with Crippen molar-refractivity contribution in [1.82, 2.24) is 0 Å². The smallest absolute Gasteiger partial charge is 0.395 e. The van der Waals surface area contributed by atoms with Crippen LogP contribution in [0.3, 0.4) is 0 Å². The molecule has 0 aliphatic carbocycles. The molecule has 0 spiro atoms. The number of phosphoric acid groups is 1. The molecule has 0 N–H and O–H groups in total. The largest absolute Gasteiger partial charge is 0.590 e. The van der Waals surface area contributed by atoms with Crippen molar-refractivity contribution in [2.75, 3.05) is 6.61 Å². The van der Waals surface area contributed by atoms with Crippen molar-refractivity contribution >= 4 is 13.8 Å². The van der Waals surface area contributed by atoms with Gasteiger partial charge in [0, 0.05) is 5.57 Å². The van der Waals surface area contributed by atoms with Gasteiger partial charge in [-0.15, -0.1) is 0 Å². The fourth-order valence-electron chi connectivity index (χ4n) is 1.02. The van der Waals surface area contributed by atoms with E-state index in [1.54, 1.807) is 37.3 Å². The summed E-state index contributed by atoms with van der Waals surface area (Å²) in [6.45, 7) is 6.56. The summed E-state index contributed by atoms with van der Waals surface area (Å²) in [7, 11) is -3.96. The van der Waals surface area contributed by atoms with Gasteiger partial charge in [0.05, 0.1) is 6.61 Å². The van der Waals surface area contributed by atoms with E-state index in [0.29, 0.717) is 5.75 Å². The lowest BCUT2D eigenvalue weighted by atomic mass is 10.3. The van der Waals surface area contributed by atoms with E-state index in [9.17, 15) is 9.36 Å². The van der Waals surface area contributed by atoms with E-state index in [1.807, 2.05) is 0 Å². The van der Waals surface area contributed by atoms with Gasteiger partial charge in [0.25, 0.3) is 0 Å². The first-order chi connectivity index (χ1) is 8.47. The summed E-state index contributed by atoms with van der Waals surface area (Å²) in [5.41, 5.74) is 0.117. The van der Waals surface area contributed by atoms with Gasteiger partial charge >= 0.3 is 13.8 Å². The van der Waals surface area contributed by atoms with Gasteiger partial charge in [-0.1, -0.05) is 24.8 Å². The fraction of sp³-hybridized carbons (Fsp3) is 0.250. The maximum Gasteiger partial charge on any atom is 0.590 e. The normalized spacial score (nSPS) is 13.4. The first-order valence-electron chi connectivity index (χ1n) is 5.35. The van der Waals surface area contributed by atoms with Crippen LogP contribution in [0.4, 0.5) is 0 Å². The molecule has 0 bridgehead atoms. The van der Waals surface area contributed by atoms with Crippen LogP contribution in [-0.2, 0) is 18.4 Å². The second kappa shape index (κ2) is 6.38. The Labute approximate surface area is 106 Å². The SMILES string of the molecule is C=C(C)C(=O)OP(=O)(OCC)Oc1ccccc1. The lowest BCUT2D eigenvalue weighted by Gasteiger charge is -2.17. The minimum atomic E-state index is -3.96. The number of hydrogen-bond acceptors (Lipinski definition) is 5. The number of hydrogen-bond donors (Lipinski definition) is 0. The van der Waals surface area contributed by atoms with Gasteiger partial charge in [0.2, 0.25) is 0 Å². The third-order valence-corrected chi connectivity index (χ3v) is 3.19. The molecule has 0 aliphatic heterocycles. The Morgan fingerprint density at radius 1 is 1.33 bits per heavy atom. The molecule has 0 radical (unpaired) electrons. The maximum absolute atomic E-state index is 12.2. The molecule has 5 nitrogen and oxygen atoms in total. The molecule has 1 aromatic carbocycles. The Morgan fingerprint density at radius 3 is 2.44 bits per heavy atom. The molecular weight excluding hydrogens is 255 g/mol. The third kappa shape index (κ3) is 4.35. The predicted octanol–water partition coefficient (Wildman–Crippen LogP) is 3.33. The predicted molar refractivity (Wildman–Crippen MR) is 67.2 cm³/mol. The van der Waals surface area contributed by atoms with Crippen LogP contribution in [0.1, 0.15) is 13.8 Å². The van der Waals surface area contributed by atoms with E-state index in [2.05, 4.69) is 6.58 Å². The summed E-state index contributed by atoms with van der Waals surface area (Å²) < 4.78 is 26.9. The molecule has 0 heterocycles. The number of para-hydroxylation sites is 1. The van der Waals surface area contributed by atoms with Gasteiger partial charge in [-0.3, -0.25) is 4.52 Å². The van der Waals surface area contributed by atoms with E-state index in [4.69, 9.17) is 13.6 Å². The van der Waals surface area contributed by atoms with Crippen molar-refractivity contribution in [1.29, 1.82) is 0 Å².